The summed E-state index contributed by atoms with van der Waals surface area (Å²) < 4.78 is 0. The minimum atomic E-state index is -0.526. The predicted molar refractivity (Wildman–Crippen MR) is 77.6 cm³/mol. The van der Waals surface area contributed by atoms with E-state index < -0.39 is 6.04 Å². The lowest BCUT2D eigenvalue weighted by Crippen LogP contribution is -2.39. The van der Waals surface area contributed by atoms with E-state index in [9.17, 15) is 4.79 Å². The Morgan fingerprint density at radius 3 is 2.58 bits per heavy atom. The zero-order chi connectivity index (χ0) is 13.9. The van der Waals surface area contributed by atoms with Crippen molar-refractivity contribution in [3.8, 4) is 0 Å². The zero-order valence-electron chi connectivity index (χ0n) is 11.9. The van der Waals surface area contributed by atoms with Crippen LogP contribution >= 0.6 is 0 Å². The van der Waals surface area contributed by atoms with E-state index in [-0.39, 0.29) is 5.91 Å². The highest BCUT2D eigenvalue weighted by molar-refractivity contribution is 5.83. The number of rotatable bonds is 2. The molecule has 0 spiro atoms. The second-order valence-corrected chi connectivity index (χ2v) is 6.23. The quantitative estimate of drug-likeness (QED) is 0.888. The molecule has 0 unspecified atom stereocenters. The fourth-order valence-electron chi connectivity index (χ4n) is 2.64. The van der Waals surface area contributed by atoms with Gasteiger partial charge in [0, 0.05) is 13.1 Å². The van der Waals surface area contributed by atoms with E-state index in [0.717, 1.165) is 31.5 Å². The fourth-order valence-corrected chi connectivity index (χ4v) is 2.64. The van der Waals surface area contributed by atoms with Gasteiger partial charge in [-0.2, -0.15) is 0 Å². The van der Waals surface area contributed by atoms with Crippen LogP contribution in [-0.4, -0.2) is 23.9 Å². The summed E-state index contributed by atoms with van der Waals surface area (Å²) in [5, 5.41) is 0. The molecule has 0 radical (unpaired) electrons. The molecular weight excluding hydrogens is 236 g/mol. The summed E-state index contributed by atoms with van der Waals surface area (Å²) in [6, 6.07) is 9.11. The SMILES string of the molecule is CC1(C)CCCN(C(=O)[C@H](N)c2ccccc2)CC1. The van der Waals surface area contributed by atoms with E-state index in [1.54, 1.807) is 0 Å². The van der Waals surface area contributed by atoms with Crippen LogP contribution in [0.2, 0.25) is 0 Å². The van der Waals surface area contributed by atoms with E-state index in [4.69, 9.17) is 5.73 Å². The van der Waals surface area contributed by atoms with Gasteiger partial charge in [0.1, 0.15) is 6.04 Å². The third-order valence-electron chi connectivity index (χ3n) is 4.08. The normalized spacial score (nSPS) is 20.7. The Morgan fingerprint density at radius 1 is 1.21 bits per heavy atom. The van der Waals surface area contributed by atoms with Crippen LogP contribution in [0.5, 0.6) is 0 Å². The molecule has 3 heteroatoms. The highest BCUT2D eigenvalue weighted by atomic mass is 16.2. The van der Waals surface area contributed by atoms with Crippen molar-refractivity contribution >= 4 is 5.91 Å². The number of hydrogen-bond acceptors (Lipinski definition) is 2. The molecular formula is C16H24N2O. The number of benzene rings is 1. The van der Waals surface area contributed by atoms with Gasteiger partial charge >= 0.3 is 0 Å². The van der Waals surface area contributed by atoms with Crippen molar-refractivity contribution in [1.82, 2.24) is 4.90 Å². The van der Waals surface area contributed by atoms with Crippen molar-refractivity contribution in [2.24, 2.45) is 11.1 Å². The molecule has 1 aromatic carbocycles. The summed E-state index contributed by atoms with van der Waals surface area (Å²) in [7, 11) is 0. The van der Waals surface area contributed by atoms with Crippen molar-refractivity contribution in [2.75, 3.05) is 13.1 Å². The fraction of sp³-hybridized carbons (Fsp3) is 0.562. The van der Waals surface area contributed by atoms with Gasteiger partial charge in [0.15, 0.2) is 0 Å². The molecule has 1 atom stereocenters. The first-order valence-electron chi connectivity index (χ1n) is 7.09. The predicted octanol–water partition coefficient (Wildman–Crippen LogP) is 2.73. The van der Waals surface area contributed by atoms with Gasteiger partial charge in [-0.3, -0.25) is 4.79 Å². The third kappa shape index (κ3) is 3.57. The molecule has 3 nitrogen and oxygen atoms in total. The Balaban J connectivity index is 2.03. The van der Waals surface area contributed by atoms with Crippen molar-refractivity contribution in [2.45, 2.75) is 39.2 Å². The summed E-state index contributed by atoms with van der Waals surface area (Å²) in [4.78, 5) is 14.4. The first-order chi connectivity index (χ1) is 8.99. The molecule has 1 heterocycles. The lowest BCUT2D eigenvalue weighted by molar-refractivity contribution is -0.132. The minimum absolute atomic E-state index is 0.0592. The maximum absolute atomic E-state index is 12.5. The summed E-state index contributed by atoms with van der Waals surface area (Å²) in [5.41, 5.74) is 7.34. The van der Waals surface area contributed by atoms with Crippen LogP contribution in [0.4, 0.5) is 0 Å². The van der Waals surface area contributed by atoms with Crippen molar-refractivity contribution < 1.29 is 4.79 Å². The van der Waals surface area contributed by atoms with E-state index in [1.165, 1.54) is 6.42 Å². The van der Waals surface area contributed by atoms with Crippen LogP contribution in [0, 0.1) is 5.41 Å². The molecule has 1 fully saturated rings. The number of nitrogens with zero attached hydrogens (tertiary/aromatic N) is 1. The molecule has 1 saturated heterocycles. The summed E-state index contributed by atoms with van der Waals surface area (Å²) >= 11 is 0. The van der Waals surface area contributed by atoms with Gasteiger partial charge in [-0.15, -0.1) is 0 Å². The number of carbonyl (C=O) groups excluding carboxylic acids is 1. The molecule has 19 heavy (non-hydrogen) atoms. The number of carbonyl (C=O) groups is 1. The average molecular weight is 260 g/mol. The van der Waals surface area contributed by atoms with Crippen molar-refractivity contribution in [1.29, 1.82) is 0 Å². The molecule has 1 aromatic rings. The summed E-state index contributed by atoms with van der Waals surface area (Å²) in [6.07, 6.45) is 3.30. The highest BCUT2D eigenvalue weighted by Gasteiger charge is 2.28. The maximum atomic E-state index is 12.5. The molecule has 1 amide bonds. The molecule has 2 rings (SSSR count). The Kier molecular flexibility index (Phi) is 4.25. The first kappa shape index (κ1) is 14.1. The van der Waals surface area contributed by atoms with Crippen molar-refractivity contribution in [3.63, 3.8) is 0 Å². The Bertz CT molecular complexity index is 428. The van der Waals surface area contributed by atoms with Gasteiger partial charge in [0.2, 0.25) is 5.91 Å². The lowest BCUT2D eigenvalue weighted by atomic mass is 9.85. The van der Waals surface area contributed by atoms with Gasteiger partial charge < -0.3 is 10.6 Å². The third-order valence-corrected chi connectivity index (χ3v) is 4.08. The number of hydrogen-bond donors (Lipinski definition) is 1. The van der Waals surface area contributed by atoms with Gasteiger partial charge in [-0.1, -0.05) is 44.2 Å². The standard InChI is InChI=1S/C16H24N2O/c1-16(2)9-6-11-18(12-10-16)15(19)14(17)13-7-4-3-5-8-13/h3-5,7-8,14H,6,9-12,17H2,1-2H3/t14-/m1/s1. The largest absolute Gasteiger partial charge is 0.341 e. The highest BCUT2D eigenvalue weighted by Crippen LogP contribution is 2.30. The molecule has 0 saturated carbocycles. The van der Waals surface area contributed by atoms with Crippen LogP contribution in [0.3, 0.4) is 0 Å². The van der Waals surface area contributed by atoms with E-state index >= 15 is 0 Å². The van der Waals surface area contributed by atoms with E-state index in [2.05, 4.69) is 13.8 Å². The first-order valence-corrected chi connectivity index (χ1v) is 7.09. The molecule has 104 valence electrons. The van der Waals surface area contributed by atoms with Gasteiger partial charge in [0.05, 0.1) is 0 Å². The van der Waals surface area contributed by atoms with Crippen molar-refractivity contribution in [3.05, 3.63) is 35.9 Å². The number of nitrogens with two attached hydrogens (primary N) is 1. The van der Waals surface area contributed by atoms with Crippen LogP contribution in [0.25, 0.3) is 0 Å². The number of amides is 1. The zero-order valence-corrected chi connectivity index (χ0v) is 11.9. The Labute approximate surface area is 115 Å². The second-order valence-electron chi connectivity index (χ2n) is 6.23. The lowest BCUT2D eigenvalue weighted by Gasteiger charge is -2.25. The van der Waals surface area contributed by atoms with Gasteiger partial charge in [-0.05, 0) is 30.2 Å². The van der Waals surface area contributed by atoms with Crippen LogP contribution in [0.15, 0.2) is 30.3 Å². The molecule has 1 aliphatic rings. The van der Waals surface area contributed by atoms with E-state index in [0.29, 0.717) is 5.41 Å². The topological polar surface area (TPSA) is 46.3 Å². The molecule has 0 bridgehead atoms. The monoisotopic (exact) mass is 260 g/mol. The smallest absolute Gasteiger partial charge is 0.244 e. The average Bonchev–Trinajstić information content (AvgIpc) is 2.59. The van der Waals surface area contributed by atoms with Gasteiger partial charge in [-0.25, -0.2) is 0 Å². The molecule has 0 aliphatic carbocycles. The number of likely N-dealkylation sites (tertiary alicyclic amines) is 1. The second kappa shape index (κ2) is 5.74. The minimum Gasteiger partial charge on any atom is -0.341 e. The van der Waals surface area contributed by atoms with E-state index in [1.807, 2.05) is 35.2 Å². The summed E-state index contributed by atoms with van der Waals surface area (Å²) in [5.74, 6) is 0.0592. The Morgan fingerprint density at radius 2 is 1.89 bits per heavy atom. The van der Waals surface area contributed by atoms with Gasteiger partial charge in [0.25, 0.3) is 0 Å². The van der Waals surface area contributed by atoms with Crippen LogP contribution in [-0.2, 0) is 4.79 Å². The van der Waals surface area contributed by atoms with Crippen LogP contribution in [0.1, 0.15) is 44.7 Å². The molecule has 0 aromatic heterocycles. The molecule has 1 aliphatic heterocycles. The van der Waals surface area contributed by atoms with Crippen LogP contribution < -0.4 is 5.73 Å². The Hall–Kier alpha value is -1.35. The maximum Gasteiger partial charge on any atom is 0.244 e. The molecule has 2 N–H and O–H groups in total. The summed E-state index contributed by atoms with van der Waals surface area (Å²) in [6.45, 7) is 6.21.